The fourth-order valence-electron chi connectivity index (χ4n) is 2.35. The third-order valence-corrected chi connectivity index (χ3v) is 3.60. The lowest BCUT2D eigenvalue weighted by Gasteiger charge is -2.41. The van der Waals surface area contributed by atoms with E-state index in [4.69, 9.17) is 4.74 Å². The average Bonchev–Trinajstić information content (AvgIpc) is 2.70. The Morgan fingerprint density at radius 2 is 2.11 bits per heavy atom. The van der Waals surface area contributed by atoms with Gasteiger partial charge in [-0.2, -0.15) is 0 Å². The topological polar surface area (TPSA) is 75.7 Å². The number of amides is 3. The molecule has 1 N–H and O–H groups in total. The molecule has 100 valence electrons. The number of hydrogen-bond acceptors (Lipinski definition) is 4. The lowest BCUT2D eigenvalue weighted by molar-refractivity contribution is -0.157. The van der Waals surface area contributed by atoms with Crippen LogP contribution in [0.25, 0.3) is 0 Å². The molecule has 6 heteroatoms. The van der Waals surface area contributed by atoms with E-state index >= 15 is 0 Å². The van der Waals surface area contributed by atoms with Crippen LogP contribution in [-0.4, -0.2) is 47.4 Å². The summed E-state index contributed by atoms with van der Waals surface area (Å²) in [5, 5.41) is 2.25. The van der Waals surface area contributed by atoms with E-state index < -0.39 is 17.4 Å². The number of imide groups is 1. The minimum Gasteiger partial charge on any atom is -0.378 e. The molecule has 0 aromatic heterocycles. The van der Waals surface area contributed by atoms with Crippen LogP contribution >= 0.6 is 0 Å². The Morgan fingerprint density at radius 1 is 1.44 bits per heavy atom. The highest BCUT2D eigenvalue weighted by molar-refractivity contribution is 6.06. The second kappa shape index (κ2) is 4.35. The van der Waals surface area contributed by atoms with Crippen LogP contribution in [0.2, 0.25) is 0 Å². The van der Waals surface area contributed by atoms with E-state index in [0.717, 1.165) is 0 Å². The van der Waals surface area contributed by atoms with E-state index in [9.17, 15) is 14.4 Å². The van der Waals surface area contributed by atoms with Crippen molar-refractivity contribution in [1.29, 1.82) is 0 Å². The Morgan fingerprint density at radius 3 is 2.67 bits per heavy atom. The summed E-state index contributed by atoms with van der Waals surface area (Å²) in [6.07, 6.45) is 0.692. The molecule has 2 saturated heterocycles. The van der Waals surface area contributed by atoms with E-state index in [-0.39, 0.29) is 24.5 Å². The van der Waals surface area contributed by atoms with Gasteiger partial charge in [0.2, 0.25) is 11.8 Å². The molecule has 0 radical (unpaired) electrons. The first-order chi connectivity index (χ1) is 8.32. The summed E-state index contributed by atoms with van der Waals surface area (Å²) in [6.45, 7) is 5.50. The predicted octanol–water partition coefficient (Wildman–Crippen LogP) is -0.325. The molecule has 2 fully saturated rings. The number of hydrogen-bond donors (Lipinski definition) is 1. The van der Waals surface area contributed by atoms with E-state index in [1.54, 1.807) is 13.8 Å². The second-order valence-corrected chi connectivity index (χ2v) is 5.44. The van der Waals surface area contributed by atoms with Crippen molar-refractivity contribution in [2.45, 2.75) is 38.8 Å². The summed E-state index contributed by atoms with van der Waals surface area (Å²) in [7, 11) is 0. The highest BCUT2D eigenvalue weighted by Crippen LogP contribution is 2.26. The van der Waals surface area contributed by atoms with Gasteiger partial charge in [0.1, 0.15) is 12.1 Å². The van der Waals surface area contributed by atoms with Crippen LogP contribution in [0.4, 0.5) is 0 Å². The molecule has 0 bridgehead atoms. The Labute approximate surface area is 106 Å². The molecule has 2 aliphatic heterocycles. The lowest BCUT2D eigenvalue weighted by Crippen LogP contribution is -2.66. The van der Waals surface area contributed by atoms with Crippen LogP contribution in [0.15, 0.2) is 0 Å². The SMILES string of the molecule is CC1CC(C(=O)N2CC(=O)NC(=O)C2(C)C)CO1. The second-order valence-electron chi connectivity index (χ2n) is 5.44. The van der Waals surface area contributed by atoms with Crippen molar-refractivity contribution in [3.63, 3.8) is 0 Å². The van der Waals surface area contributed by atoms with Crippen molar-refractivity contribution in [2.24, 2.45) is 5.92 Å². The quantitative estimate of drug-likeness (QED) is 0.650. The first-order valence-corrected chi connectivity index (χ1v) is 6.09. The molecule has 2 aliphatic rings. The maximum atomic E-state index is 12.4. The van der Waals surface area contributed by atoms with Gasteiger partial charge in [0.15, 0.2) is 0 Å². The van der Waals surface area contributed by atoms with E-state index in [0.29, 0.717) is 13.0 Å². The van der Waals surface area contributed by atoms with Gasteiger partial charge in [0.05, 0.1) is 18.6 Å². The first kappa shape index (κ1) is 13.0. The zero-order valence-electron chi connectivity index (χ0n) is 10.9. The summed E-state index contributed by atoms with van der Waals surface area (Å²) >= 11 is 0. The normalized spacial score (nSPS) is 31.4. The number of nitrogens with one attached hydrogen (secondary N) is 1. The highest BCUT2D eigenvalue weighted by atomic mass is 16.5. The van der Waals surface area contributed by atoms with Gasteiger partial charge < -0.3 is 9.64 Å². The number of ether oxygens (including phenoxy) is 1. The van der Waals surface area contributed by atoms with Crippen molar-refractivity contribution in [3.8, 4) is 0 Å². The molecule has 0 aliphatic carbocycles. The molecule has 0 saturated carbocycles. The van der Waals surface area contributed by atoms with Gasteiger partial charge in [0.25, 0.3) is 5.91 Å². The number of carbonyl (C=O) groups excluding carboxylic acids is 3. The third-order valence-electron chi connectivity index (χ3n) is 3.60. The van der Waals surface area contributed by atoms with Crippen molar-refractivity contribution < 1.29 is 19.1 Å². The smallest absolute Gasteiger partial charge is 0.252 e. The number of carbonyl (C=O) groups is 3. The molecule has 0 aromatic carbocycles. The molecular weight excluding hydrogens is 236 g/mol. The maximum Gasteiger partial charge on any atom is 0.252 e. The lowest BCUT2D eigenvalue weighted by atomic mass is 9.95. The minimum atomic E-state index is -0.989. The van der Waals surface area contributed by atoms with E-state index in [1.165, 1.54) is 4.90 Å². The van der Waals surface area contributed by atoms with E-state index in [1.807, 2.05) is 6.92 Å². The molecule has 2 rings (SSSR count). The van der Waals surface area contributed by atoms with Crippen molar-refractivity contribution in [3.05, 3.63) is 0 Å². The van der Waals surface area contributed by atoms with Crippen LogP contribution in [0.5, 0.6) is 0 Å². The molecule has 2 atom stereocenters. The van der Waals surface area contributed by atoms with Gasteiger partial charge in [-0.15, -0.1) is 0 Å². The van der Waals surface area contributed by atoms with Gasteiger partial charge in [-0.3, -0.25) is 19.7 Å². The Kier molecular flexibility index (Phi) is 3.14. The van der Waals surface area contributed by atoms with Gasteiger partial charge in [0, 0.05) is 0 Å². The van der Waals surface area contributed by atoms with Gasteiger partial charge in [-0.25, -0.2) is 0 Å². The molecular formula is C12H18N2O4. The fraction of sp³-hybridized carbons (Fsp3) is 0.750. The van der Waals surface area contributed by atoms with Crippen LogP contribution in [-0.2, 0) is 19.1 Å². The molecule has 0 spiro atoms. The molecule has 2 heterocycles. The third kappa shape index (κ3) is 2.12. The summed E-state index contributed by atoms with van der Waals surface area (Å²) < 4.78 is 5.37. The molecule has 18 heavy (non-hydrogen) atoms. The van der Waals surface area contributed by atoms with E-state index in [2.05, 4.69) is 5.32 Å². The Bertz CT molecular complexity index is 405. The zero-order chi connectivity index (χ0) is 13.5. The van der Waals surface area contributed by atoms with Crippen molar-refractivity contribution in [2.75, 3.05) is 13.2 Å². The summed E-state index contributed by atoms with van der Waals surface area (Å²) in [5.74, 6) is -1.29. The highest BCUT2D eigenvalue weighted by Gasteiger charge is 2.46. The van der Waals surface area contributed by atoms with Crippen molar-refractivity contribution >= 4 is 17.7 Å². The largest absolute Gasteiger partial charge is 0.378 e. The van der Waals surface area contributed by atoms with Crippen molar-refractivity contribution in [1.82, 2.24) is 10.2 Å². The first-order valence-electron chi connectivity index (χ1n) is 6.09. The van der Waals surface area contributed by atoms with Crippen LogP contribution in [0.1, 0.15) is 27.2 Å². The monoisotopic (exact) mass is 254 g/mol. The predicted molar refractivity (Wildman–Crippen MR) is 62.5 cm³/mol. The number of nitrogens with zero attached hydrogens (tertiary/aromatic N) is 1. The summed E-state index contributed by atoms with van der Waals surface area (Å²) in [6, 6.07) is 0. The number of rotatable bonds is 1. The fourth-order valence-corrected chi connectivity index (χ4v) is 2.35. The van der Waals surface area contributed by atoms with Gasteiger partial charge >= 0.3 is 0 Å². The molecule has 0 aromatic rings. The number of piperazine rings is 1. The summed E-state index contributed by atoms with van der Waals surface area (Å²) in [4.78, 5) is 36.9. The zero-order valence-corrected chi connectivity index (χ0v) is 10.9. The average molecular weight is 254 g/mol. The molecule has 3 amide bonds. The van der Waals surface area contributed by atoms with Crippen LogP contribution in [0.3, 0.4) is 0 Å². The Balaban J connectivity index is 2.17. The Hall–Kier alpha value is -1.43. The maximum absolute atomic E-state index is 12.4. The molecule has 2 unspecified atom stereocenters. The minimum absolute atomic E-state index is 0.0522. The standard InChI is InChI=1S/C12H18N2O4/c1-7-4-8(6-18-7)10(16)14-5-9(15)13-11(17)12(14,2)3/h7-8H,4-6H2,1-3H3,(H,13,15,17). The molecule has 6 nitrogen and oxygen atoms in total. The van der Waals surface area contributed by atoms with Crippen LogP contribution in [0, 0.1) is 5.92 Å². The van der Waals surface area contributed by atoms with Gasteiger partial charge in [-0.05, 0) is 27.2 Å². The van der Waals surface area contributed by atoms with Crippen LogP contribution < -0.4 is 5.32 Å². The summed E-state index contributed by atoms with van der Waals surface area (Å²) in [5.41, 5.74) is -0.989. The van der Waals surface area contributed by atoms with Gasteiger partial charge in [-0.1, -0.05) is 0 Å².